The normalized spacial score (nSPS) is 10.2. The molecule has 0 radical (unpaired) electrons. The summed E-state index contributed by atoms with van der Waals surface area (Å²) in [6, 6.07) is 6.26. The van der Waals surface area contributed by atoms with Crippen LogP contribution in [0.2, 0.25) is 0 Å². The predicted octanol–water partition coefficient (Wildman–Crippen LogP) is 0.552. The predicted molar refractivity (Wildman–Crippen MR) is 58.0 cm³/mol. The van der Waals surface area contributed by atoms with E-state index in [0.717, 1.165) is 0 Å². The van der Waals surface area contributed by atoms with Crippen LogP contribution in [0.3, 0.4) is 0 Å². The standard InChI is InChI=1S/C10H9N3O3/c11-10(12)13-9(15)7-4-5-2-1-3-6(14)8(5)16-7/h1-4,14H,(H4,11,12,13,15). The van der Waals surface area contributed by atoms with Crippen LogP contribution in [0.25, 0.3) is 11.0 Å². The number of phenolic OH excluding ortho intramolecular Hbond substituents is 1. The van der Waals surface area contributed by atoms with Gasteiger partial charge in [0.2, 0.25) is 0 Å². The SMILES string of the molecule is NC(N)=NC(=O)c1cc2cccc(O)c2o1. The van der Waals surface area contributed by atoms with E-state index in [4.69, 9.17) is 15.9 Å². The number of amides is 1. The number of furan rings is 1. The van der Waals surface area contributed by atoms with E-state index in [9.17, 15) is 9.90 Å². The first-order valence-electron chi connectivity index (χ1n) is 4.43. The second kappa shape index (κ2) is 3.58. The Morgan fingerprint density at radius 3 is 2.75 bits per heavy atom. The molecule has 1 aromatic heterocycles. The molecule has 0 bridgehead atoms. The van der Waals surface area contributed by atoms with Gasteiger partial charge in [-0.3, -0.25) is 4.79 Å². The monoisotopic (exact) mass is 219 g/mol. The van der Waals surface area contributed by atoms with E-state index >= 15 is 0 Å². The van der Waals surface area contributed by atoms with E-state index in [1.165, 1.54) is 12.1 Å². The minimum Gasteiger partial charge on any atom is -0.504 e. The number of fused-ring (bicyclic) bond motifs is 1. The summed E-state index contributed by atoms with van der Waals surface area (Å²) in [7, 11) is 0. The molecule has 2 rings (SSSR count). The summed E-state index contributed by atoms with van der Waals surface area (Å²) in [5.41, 5.74) is 10.4. The molecule has 0 aliphatic rings. The van der Waals surface area contributed by atoms with Crippen LogP contribution in [0.4, 0.5) is 0 Å². The Morgan fingerprint density at radius 2 is 2.12 bits per heavy atom. The fourth-order valence-electron chi connectivity index (χ4n) is 1.33. The van der Waals surface area contributed by atoms with Crippen LogP contribution in [0.5, 0.6) is 5.75 Å². The number of carbonyl (C=O) groups is 1. The molecule has 0 saturated heterocycles. The van der Waals surface area contributed by atoms with Crippen LogP contribution < -0.4 is 11.5 Å². The summed E-state index contributed by atoms with van der Waals surface area (Å²) in [5.74, 6) is -1.09. The minimum atomic E-state index is -0.685. The van der Waals surface area contributed by atoms with Gasteiger partial charge in [0.15, 0.2) is 23.1 Å². The Bertz CT molecular complexity index is 582. The molecule has 16 heavy (non-hydrogen) atoms. The molecular formula is C10H9N3O3. The number of aliphatic imine (C=N–C) groups is 1. The third-order valence-corrected chi connectivity index (χ3v) is 1.96. The van der Waals surface area contributed by atoms with Crippen molar-refractivity contribution in [3.63, 3.8) is 0 Å². The Morgan fingerprint density at radius 1 is 1.38 bits per heavy atom. The summed E-state index contributed by atoms with van der Waals surface area (Å²) in [4.78, 5) is 14.7. The number of para-hydroxylation sites is 1. The number of phenols is 1. The zero-order valence-electron chi connectivity index (χ0n) is 8.18. The molecule has 0 aliphatic heterocycles. The Kier molecular flexibility index (Phi) is 2.24. The van der Waals surface area contributed by atoms with Gasteiger partial charge in [0, 0.05) is 5.39 Å². The lowest BCUT2D eigenvalue weighted by atomic mass is 10.2. The molecule has 6 heteroatoms. The van der Waals surface area contributed by atoms with Gasteiger partial charge < -0.3 is 21.0 Å². The fraction of sp³-hybridized carbons (Fsp3) is 0. The number of aromatic hydroxyl groups is 1. The van der Waals surface area contributed by atoms with Crippen LogP contribution in [-0.2, 0) is 0 Å². The first-order valence-corrected chi connectivity index (χ1v) is 4.43. The van der Waals surface area contributed by atoms with Gasteiger partial charge in [-0.25, -0.2) is 0 Å². The molecule has 0 fully saturated rings. The molecule has 0 unspecified atom stereocenters. The Hall–Kier alpha value is -2.50. The topological polar surface area (TPSA) is 115 Å². The summed E-state index contributed by atoms with van der Waals surface area (Å²) in [5, 5.41) is 10.1. The number of rotatable bonds is 1. The van der Waals surface area contributed by atoms with Gasteiger partial charge in [0.25, 0.3) is 0 Å². The number of hydrogen-bond donors (Lipinski definition) is 3. The van der Waals surface area contributed by atoms with E-state index < -0.39 is 5.91 Å². The summed E-state index contributed by atoms with van der Waals surface area (Å²) in [6.45, 7) is 0. The molecule has 0 saturated carbocycles. The highest BCUT2D eigenvalue weighted by Gasteiger charge is 2.13. The maximum absolute atomic E-state index is 11.4. The molecule has 0 spiro atoms. The quantitative estimate of drug-likeness (QED) is 0.478. The Labute approximate surface area is 90.2 Å². The van der Waals surface area contributed by atoms with E-state index in [1.54, 1.807) is 12.1 Å². The third kappa shape index (κ3) is 1.68. The zero-order chi connectivity index (χ0) is 11.7. The molecule has 1 heterocycles. The average Bonchev–Trinajstić information content (AvgIpc) is 2.61. The molecular weight excluding hydrogens is 210 g/mol. The van der Waals surface area contributed by atoms with Gasteiger partial charge >= 0.3 is 5.91 Å². The fourth-order valence-corrected chi connectivity index (χ4v) is 1.33. The first-order chi connectivity index (χ1) is 7.58. The number of guanidine groups is 1. The second-order valence-electron chi connectivity index (χ2n) is 3.15. The van der Waals surface area contributed by atoms with E-state index in [-0.39, 0.29) is 23.1 Å². The van der Waals surface area contributed by atoms with Crippen molar-refractivity contribution >= 4 is 22.8 Å². The maximum Gasteiger partial charge on any atom is 0.315 e. The molecule has 6 nitrogen and oxygen atoms in total. The van der Waals surface area contributed by atoms with Crippen LogP contribution in [-0.4, -0.2) is 17.0 Å². The van der Waals surface area contributed by atoms with Gasteiger partial charge in [-0.15, -0.1) is 0 Å². The van der Waals surface area contributed by atoms with Gasteiger partial charge in [-0.2, -0.15) is 4.99 Å². The molecule has 5 N–H and O–H groups in total. The van der Waals surface area contributed by atoms with E-state index in [2.05, 4.69) is 4.99 Å². The third-order valence-electron chi connectivity index (χ3n) is 1.96. The minimum absolute atomic E-state index is 0.0232. The summed E-state index contributed by atoms with van der Waals surface area (Å²) < 4.78 is 5.14. The largest absolute Gasteiger partial charge is 0.504 e. The van der Waals surface area contributed by atoms with E-state index in [0.29, 0.717) is 5.39 Å². The zero-order valence-corrected chi connectivity index (χ0v) is 8.18. The highest BCUT2D eigenvalue weighted by molar-refractivity contribution is 6.02. The number of nitrogens with two attached hydrogens (primary N) is 2. The van der Waals surface area contributed by atoms with Gasteiger partial charge in [-0.05, 0) is 12.1 Å². The van der Waals surface area contributed by atoms with Gasteiger partial charge in [0.1, 0.15) is 0 Å². The number of carbonyl (C=O) groups excluding carboxylic acids is 1. The summed E-state index contributed by atoms with van der Waals surface area (Å²) in [6.07, 6.45) is 0. The van der Waals surface area contributed by atoms with Crippen LogP contribution in [0.1, 0.15) is 10.6 Å². The highest BCUT2D eigenvalue weighted by Crippen LogP contribution is 2.27. The van der Waals surface area contributed by atoms with Crippen molar-refractivity contribution in [3.05, 3.63) is 30.0 Å². The number of nitrogens with zero attached hydrogens (tertiary/aromatic N) is 1. The lowest BCUT2D eigenvalue weighted by Crippen LogP contribution is -2.24. The van der Waals surface area contributed by atoms with Crippen molar-refractivity contribution < 1.29 is 14.3 Å². The van der Waals surface area contributed by atoms with Crippen LogP contribution in [0.15, 0.2) is 33.7 Å². The highest BCUT2D eigenvalue weighted by atomic mass is 16.4. The van der Waals surface area contributed by atoms with Crippen molar-refractivity contribution in [2.75, 3.05) is 0 Å². The number of benzene rings is 1. The van der Waals surface area contributed by atoms with Crippen molar-refractivity contribution in [2.24, 2.45) is 16.5 Å². The number of hydrogen-bond acceptors (Lipinski definition) is 3. The maximum atomic E-state index is 11.4. The lowest BCUT2D eigenvalue weighted by Gasteiger charge is -1.91. The molecule has 82 valence electrons. The Balaban J connectivity index is 2.52. The van der Waals surface area contributed by atoms with Crippen LogP contribution in [0, 0.1) is 0 Å². The van der Waals surface area contributed by atoms with Gasteiger partial charge in [-0.1, -0.05) is 12.1 Å². The van der Waals surface area contributed by atoms with Crippen molar-refractivity contribution in [3.8, 4) is 5.75 Å². The molecule has 1 amide bonds. The lowest BCUT2D eigenvalue weighted by molar-refractivity contribution is 0.0978. The molecule has 2 aromatic rings. The van der Waals surface area contributed by atoms with E-state index in [1.807, 2.05) is 0 Å². The first kappa shape index (κ1) is 10.0. The van der Waals surface area contributed by atoms with Crippen molar-refractivity contribution in [1.29, 1.82) is 0 Å². The molecule has 0 atom stereocenters. The summed E-state index contributed by atoms with van der Waals surface area (Å²) >= 11 is 0. The molecule has 0 aliphatic carbocycles. The average molecular weight is 219 g/mol. The second-order valence-corrected chi connectivity index (χ2v) is 3.15. The van der Waals surface area contributed by atoms with Crippen molar-refractivity contribution in [2.45, 2.75) is 0 Å². The molecule has 1 aromatic carbocycles. The van der Waals surface area contributed by atoms with Gasteiger partial charge in [0.05, 0.1) is 0 Å². The smallest absolute Gasteiger partial charge is 0.315 e. The van der Waals surface area contributed by atoms with Crippen LogP contribution >= 0.6 is 0 Å². The van der Waals surface area contributed by atoms with Crippen molar-refractivity contribution in [1.82, 2.24) is 0 Å².